The van der Waals surface area contributed by atoms with Crippen LogP contribution in [-0.4, -0.2) is 4.98 Å². The fourth-order valence-electron chi connectivity index (χ4n) is 2.23. The first kappa shape index (κ1) is 17.0. The van der Waals surface area contributed by atoms with E-state index in [0.29, 0.717) is 0 Å². The van der Waals surface area contributed by atoms with Crippen molar-refractivity contribution in [1.29, 1.82) is 0 Å². The van der Waals surface area contributed by atoms with Crippen LogP contribution in [0.4, 0.5) is 0 Å². The van der Waals surface area contributed by atoms with Gasteiger partial charge in [0.1, 0.15) is 0 Å². The van der Waals surface area contributed by atoms with Gasteiger partial charge in [0.05, 0.1) is 5.69 Å². The molecule has 1 nitrogen and oxygen atoms in total. The van der Waals surface area contributed by atoms with E-state index in [1.165, 1.54) is 5.56 Å². The molecule has 0 radical (unpaired) electrons. The molecule has 1 heterocycles. The van der Waals surface area contributed by atoms with Crippen LogP contribution in [0.3, 0.4) is 0 Å². The number of rotatable bonds is 2. The summed E-state index contributed by atoms with van der Waals surface area (Å²) in [7, 11) is 0. The molecule has 0 aliphatic rings. The molecule has 4 rings (SSSR count). The average Bonchev–Trinajstić information content (AvgIpc) is 3.32. The Morgan fingerprint density at radius 1 is 0.696 bits per heavy atom. The second kappa shape index (κ2) is 8.89. The maximum atomic E-state index is 4.69. The maximum Gasteiger partial charge on any atom is 2.00 e. The second-order valence-electron chi connectivity index (χ2n) is 4.91. The van der Waals surface area contributed by atoms with Crippen LogP contribution in [0.15, 0.2) is 103 Å². The third-order valence-electron chi connectivity index (χ3n) is 3.33. The van der Waals surface area contributed by atoms with Crippen molar-refractivity contribution in [2.24, 2.45) is 0 Å². The molecular formula is C21H17FeN. The molecule has 0 fully saturated rings. The van der Waals surface area contributed by atoms with E-state index in [-0.39, 0.29) is 17.1 Å². The normalized spacial score (nSPS) is 9.39. The van der Waals surface area contributed by atoms with Crippen LogP contribution >= 0.6 is 0 Å². The SMILES string of the molecule is [Fe+2].c1cc[cH-]c1.c1ccc(-c2cccc(-[c-]3cccc3)n2)cc1. The Morgan fingerprint density at radius 2 is 1.39 bits per heavy atom. The van der Waals surface area contributed by atoms with Crippen LogP contribution in [0, 0.1) is 0 Å². The number of hydrogen-bond donors (Lipinski definition) is 0. The van der Waals surface area contributed by atoms with Crippen molar-refractivity contribution < 1.29 is 17.1 Å². The van der Waals surface area contributed by atoms with Gasteiger partial charge in [-0.3, -0.25) is 4.98 Å². The minimum atomic E-state index is 0. The summed E-state index contributed by atoms with van der Waals surface area (Å²) in [5.41, 5.74) is 4.37. The zero-order valence-corrected chi connectivity index (χ0v) is 13.7. The molecule has 0 aliphatic heterocycles. The van der Waals surface area contributed by atoms with Gasteiger partial charge < -0.3 is 0 Å². The summed E-state index contributed by atoms with van der Waals surface area (Å²) in [5.74, 6) is 0. The largest absolute Gasteiger partial charge is 2.00 e. The van der Waals surface area contributed by atoms with E-state index in [2.05, 4.69) is 35.3 Å². The minimum Gasteiger partial charge on any atom is -0.268 e. The van der Waals surface area contributed by atoms with Crippen molar-refractivity contribution in [2.75, 3.05) is 0 Å². The summed E-state index contributed by atoms with van der Waals surface area (Å²) in [5, 5.41) is 0. The van der Waals surface area contributed by atoms with Crippen LogP contribution in [-0.2, 0) is 17.1 Å². The monoisotopic (exact) mass is 339 g/mol. The fourth-order valence-corrected chi connectivity index (χ4v) is 2.23. The van der Waals surface area contributed by atoms with E-state index < -0.39 is 0 Å². The van der Waals surface area contributed by atoms with Crippen molar-refractivity contribution in [2.45, 2.75) is 0 Å². The Bertz CT molecular complexity index is 755. The minimum absolute atomic E-state index is 0. The van der Waals surface area contributed by atoms with Crippen LogP contribution in [0.2, 0.25) is 0 Å². The van der Waals surface area contributed by atoms with Gasteiger partial charge in [0.2, 0.25) is 0 Å². The molecule has 0 N–H and O–H groups in total. The third kappa shape index (κ3) is 4.79. The Labute approximate surface area is 147 Å². The summed E-state index contributed by atoms with van der Waals surface area (Å²) < 4.78 is 0. The first-order valence-corrected chi connectivity index (χ1v) is 7.35. The molecule has 2 heteroatoms. The molecule has 4 aromatic rings. The van der Waals surface area contributed by atoms with E-state index >= 15 is 0 Å². The Morgan fingerprint density at radius 3 is 2.00 bits per heavy atom. The van der Waals surface area contributed by atoms with Crippen LogP contribution in [0.1, 0.15) is 0 Å². The summed E-state index contributed by atoms with van der Waals surface area (Å²) in [6, 6.07) is 34.6. The summed E-state index contributed by atoms with van der Waals surface area (Å²) >= 11 is 0. The van der Waals surface area contributed by atoms with Gasteiger partial charge in [-0.25, -0.2) is 12.1 Å². The van der Waals surface area contributed by atoms with Gasteiger partial charge in [-0.2, -0.15) is 30.3 Å². The number of pyridine rings is 1. The standard InChI is InChI=1S/C16H12N.C5H5.Fe/c1-2-7-13(8-3-1)15-11-6-12-16(17-15)14-9-4-5-10-14;1-2-4-5-3-1;/h1-12H;1-5H;/q2*-1;+2. The zero-order valence-electron chi connectivity index (χ0n) is 12.6. The van der Waals surface area contributed by atoms with E-state index in [9.17, 15) is 0 Å². The molecule has 0 saturated carbocycles. The van der Waals surface area contributed by atoms with Crippen molar-refractivity contribution in [3.05, 3.63) is 103 Å². The molecule has 0 spiro atoms. The molecule has 0 saturated heterocycles. The first-order valence-electron chi connectivity index (χ1n) is 7.35. The van der Waals surface area contributed by atoms with Gasteiger partial charge in [0, 0.05) is 5.56 Å². The maximum absolute atomic E-state index is 4.69. The van der Waals surface area contributed by atoms with Gasteiger partial charge in [0.25, 0.3) is 0 Å². The van der Waals surface area contributed by atoms with E-state index in [1.807, 2.05) is 72.8 Å². The number of nitrogens with zero attached hydrogens (tertiary/aromatic N) is 1. The average molecular weight is 339 g/mol. The van der Waals surface area contributed by atoms with Gasteiger partial charge in [-0.05, 0) is 11.8 Å². The molecule has 114 valence electrons. The molecule has 0 unspecified atom stereocenters. The summed E-state index contributed by atoms with van der Waals surface area (Å²) in [6.45, 7) is 0. The third-order valence-corrected chi connectivity index (χ3v) is 3.33. The molecule has 3 aromatic carbocycles. The van der Waals surface area contributed by atoms with Crippen LogP contribution in [0.5, 0.6) is 0 Å². The second-order valence-corrected chi connectivity index (χ2v) is 4.91. The van der Waals surface area contributed by atoms with E-state index in [1.54, 1.807) is 0 Å². The van der Waals surface area contributed by atoms with Gasteiger partial charge in [-0.15, -0.1) is 18.2 Å². The van der Waals surface area contributed by atoms with Gasteiger partial charge in [-0.1, -0.05) is 42.0 Å². The number of hydrogen-bond acceptors (Lipinski definition) is 1. The van der Waals surface area contributed by atoms with Gasteiger partial charge in [0.15, 0.2) is 0 Å². The van der Waals surface area contributed by atoms with E-state index in [0.717, 1.165) is 17.0 Å². The number of aromatic nitrogens is 1. The molecule has 0 aliphatic carbocycles. The molecule has 1 aromatic heterocycles. The van der Waals surface area contributed by atoms with Crippen molar-refractivity contribution in [1.82, 2.24) is 4.98 Å². The smallest absolute Gasteiger partial charge is 0.268 e. The number of benzene rings is 1. The first-order chi connectivity index (χ1) is 10.9. The van der Waals surface area contributed by atoms with Crippen LogP contribution in [0.25, 0.3) is 22.5 Å². The predicted molar refractivity (Wildman–Crippen MR) is 92.7 cm³/mol. The van der Waals surface area contributed by atoms with Crippen molar-refractivity contribution >= 4 is 0 Å². The summed E-state index contributed by atoms with van der Waals surface area (Å²) in [6.07, 6.45) is 0. The zero-order chi connectivity index (χ0) is 15.0. The predicted octanol–water partition coefficient (Wildman–Crippen LogP) is 5.54. The molecule has 0 atom stereocenters. The Balaban J connectivity index is 0.000000276. The fraction of sp³-hybridized carbons (Fsp3) is 0. The van der Waals surface area contributed by atoms with E-state index in [4.69, 9.17) is 0 Å². The van der Waals surface area contributed by atoms with Crippen molar-refractivity contribution in [3.63, 3.8) is 0 Å². The van der Waals surface area contributed by atoms with Gasteiger partial charge >= 0.3 is 17.1 Å². The molecule has 0 amide bonds. The van der Waals surface area contributed by atoms with Crippen LogP contribution < -0.4 is 0 Å². The molecular weight excluding hydrogens is 322 g/mol. The summed E-state index contributed by atoms with van der Waals surface area (Å²) in [4.78, 5) is 4.69. The Hall–Kier alpha value is -2.41. The quantitative estimate of drug-likeness (QED) is 0.345. The van der Waals surface area contributed by atoms with Crippen molar-refractivity contribution in [3.8, 4) is 22.5 Å². The molecule has 23 heavy (non-hydrogen) atoms. The Kier molecular flexibility index (Phi) is 6.55. The molecule has 0 bridgehead atoms. The topological polar surface area (TPSA) is 12.9 Å².